The van der Waals surface area contributed by atoms with E-state index in [1.165, 1.54) is 12.4 Å². The molecule has 0 aliphatic carbocycles. The summed E-state index contributed by atoms with van der Waals surface area (Å²) < 4.78 is 32.2. The van der Waals surface area contributed by atoms with Gasteiger partial charge in [-0.05, 0) is 39.1 Å². The molecule has 134 valence electrons. The number of rotatable bonds is 4. The fourth-order valence-corrected chi connectivity index (χ4v) is 2.96. The predicted octanol–water partition coefficient (Wildman–Crippen LogP) is 2.66. The first-order chi connectivity index (χ1) is 12.0. The number of nitrogen functional groups attached to an aromatic ring is 1. The van der Waals surface area contributed by atoms with E-state index in [2.05, 4.69) is 33.9 Å². The Bertz CT molecular complexity index is 748. The molecule has 1 aliphatic heterocycles. The van der Waals surface area contributed by atoms with Crippen molar-refractivity contribution in [3.8, 4) is 11.6 Å². The summed E-state index contributed by atoms with van der Waals surface area (Å²) in [5.41, 5.74) is 6.38. The quantitative estimate of drug-likeness (QED) is 0.915. The van der Waals surface area contributed by atoms with Crippen molar-refractivity contribution in [3.63, 3.8) is 0 Å². The molecule has 0 bridgehead atoms. The van der Waals surface area contributed by atoms with Crippen molar-refractivity contribution in [1.82, 2.24) is 14.9 Å². The van der Waals surface area contributed by atoms with Crippen molar-refractivity contribution in [2.75, 3.05) is 37.8 Å². The van der Waals surface area contributed by atoms with Crippen LogP contribution in [0.15, 0.2) is 24.5 Å². The summed E-state index contributed by atoms with van der Waals surface area (Å²) in [5, 5.41) is 0. The van der Waals surface area contributed by atoms with Crippen LogP contribution in [0.1, 0.15) is 12.8 Å². The first-order valence-electron chi connectivity index (χ1n) is 8.10. The maximum absolute atomic E-state index is 13.8. The summed E-state index contributed by atoms with van der Waals surface area (Å²) in [6.07, 6.45) is 3.33. The van der Waals surface area contributed by atoms with Gasteiger partial charge in [-0.3, -0.25) is 0 Å². The highest BCUT2D eigenvalue weighted by molar-refractivity contribution is 5.68. The smallest absolute Gasteiger partial charge is 0.248 e. The maximum Gasteiger partial charge on any atom is 0.248 e. The van der Waals surface area contributed by atoms with E-state index in [0.717, 1.165) is 38.1 Å². The molecular formula is C17H21F2N5O. The standard InChI is InChI=1S/C17H21F2N5O/c1-23(2)12-5-7-24(8-6-12)16-15(20)17(22-10-21-16)25-14-4-3-11(18)9-13(14)19/h3-4,9-10,12H,5-8,20H2,1-2H3. The SMILES string of the molecule is CN(C)C1CCN(c2ncnc(Oc3ccc(F)cc3F)c2N)CC1. The van der Waals surface area contributed by atoms with E-state index in [9.17, 15) is 8.78 Å². The van der Waals surface area contributed by atoms with E-state index in [4.69, 9.17) is 10.5 Å². The van der Waals surface area contributed by atoms with Gasteiger partial charge in [-0.15, -0.1) is 0 Å². The Balaban J connectivity index is 1.78. The van der Waals surface area contributed by atoms with Gasteiger partial charge in [0.1, 0.15) is 17.8 Å². The van der Waals surface area contributed by atoms with Gasteiger partial charge < -0.3 is 20.3 Å². The molecule has 0 unspecified atom stereocenters. The maximum atomic E-state index is 13.8. The molecule has 0 radical (unpaired) electrons. The van der Waals surface area contributed by atoms with Gasteiger partial charge in [-0.25, -0.2) is 13.8 Å². The number of hydrogen-bond donors (Lipinski definition) is 1. The van der Waals surface area contributed by atoms with Crippen LogP contribution in [0.5, 0.6) is 11.6 Å². The summed E-state index contributed by atoms with van der Waals surface area (Å²) in [5.74, 6) is -0.990. The molecular weight excluding hydrogens is 328 g/mol. The molecule has 3 rings (SSSR count). The summed E-state index contributed by atoms with van der Waals surface area (Å²) in [4.78, 5) is 12.5. The van der Waals surface area contributed by atoms with Crippen molar-refractivity contribution >= 4 is 11.5 Å². The van der Waals surface area contributed by atoms with Crippen LogP contribution in [0, 0.1) is 11.6 Å². The summed E-state index contributed by atoms with van der Waals surface area (Å²) in [6, 6.07) is 3.60. The lowest BCUT2D eigenvalue weighted by Crippen LogP contribution is -2.42. The van der Waals surface area contributed by atoms with Crippen molar-refractivity contribution < 1.29 is 13.5 Å². The van der Waals surface area contributed by atoms with Crippen LogP contribution in [0.2, 0.25) is 0 Å². The molecule has 2 N–H and O–H groups in total. The Labute approximate surface area is 145 Å². The third-order valence-electron chi connectivity index (χ3n) is 4.42. The average molecular weight is 349 g/mol. The van der Waals surface area contributed by atoms with E-state index in [1.807, 2.05) is 0 Å². The van der Waals surface area contributed by atoms with E-state index < -0.39 is 11.6 Å². The summed E-state index contributed by atoms with van der Waals surface area (Å²) >= 11 is 0. The van der Waals surface area contributed by atoms with Gasteiger partial charge in [0.05, 0.1) is 0 Å². The van der Waals surface area contributed by atoms with Crippen LogP contribution in [-0.2, 0) is 0 Å². The van der Waals surface area contributed by atoms with E-state index in [1.54, 1.807) is 0 Å². The Morgan fingerprint density at radius 2 is 1.92 bits per heavy atom. The molecule has 1 aliphatic rings. The number of hydrogen-bond acceptors (Lipinski definition) is 6. The minimum atomic E-state index is -0.814. The zero-order valence-electron chi connectivity index (χ0n) is 14.2. The van der Waals surface area contributed by atoms with Gasteiger partial charge in [0.25, 0.3) is 0 Å². The monoisotopic (exact) mass is 349 g/mol. The second-order valence-corrected chi connectivity index (χ2v) is 6.27. The molecule has 2 aromatic rings. The van der Waals surface area contributed by atoms with Gasteiger partial charge in [0.2, 0.25) is 5.88 Å². The van der Waals surface area contributed by atoms with Crippen LogP contribution in [0.4, 0.5) is 20.3 Å². The number of ether oxygens (including phenoxy) is 1. The molecule has 8 heteroatoms. The van der Waals surface area contributed by atoms with E-state index in [0.29, 0.717) is 11.9 Å². The Morgan fingerprint density at radius 1 is 1.20 bits per heavy atom. The lowest BCUT2D eigenvalue weighted by molar-refractivity contribution is 0.249. The minimum Gasteiger partial charge on any atom is -0.434 e. The second-order valence-electron chi connectivity index (χ2n) is 6.27. The van der Waals surface area contributed by atoms with E-state index >= 15 is 0 Å². The third-order valence-corrected chi connectivity index (χ3v) is 4.42. The first kappa shape index (κ1) is 17.3. The second kappa shape index (κ2) is 7.18. The van der Waals surface area contributed by atoms with Crippen LogP contribution < -0.4 is 15.4 Å². The molecule has 1 aromatic carbocycles. The molecule has 25 heavy (non-hydrogen) atoms. The zero-order chi connectivity index (χ0) is 18.0. The van der Waals surface area contributed by atoms with Crippen molar-refractivity contribution in [2.24, 2.45) is 0 Å². The number of benzene rings is 1. The fraction of sp³-hybridized carbons (Fsp3) is 0.412. The van der Waals surface area contributed by atoms with Gasteiger partial charge in [-0.2, -0.15) is 4.98 Å². The number of aromatic nitrogens is 2. The highest BCUT2D eigenvalue weighted by Gasteiger charge is 2.24. The number of halogens is 2. The molecule has 1 saturated heterocycles. The summed E-state index contributed by atoms with van der Waals surface area (Å²) in [6.45, 7) is 1.63. The Morgan fingerprint density at radius 3 is 2.56 bits per heavy atom. The first-order valence-corrected chi connectivity index (χ1v) is 8.10. The Kier molecular flexibility index (Phi) is 4.98. The molecule has 0 saturated carbocycles. The van der Waals surface area contributed by atoms with Crippen LogP contribution in [-0.4, -0.2) is 48.1 Å². The molecule has 0 atom stereocenters. The lowest BCUT2D eigenvalue weighted by Gasteiger charge is -2.36. The van der Waals surface area contributed by atoms with Gasteiger partial charge in [0, 0.05) is 25.2 Å². The fourth-order valence-electron chi connectivity index (χ4n) is 2.96. The van der Waals surface area contributed by atoms with Crippen LogP contribution >= 0.6 is 0 Å². The predicted molar refractivity (Wildman–Crippen MR) is 91.8 cm³/mol. The van der Waals surface area contributed by atoms with Crippen LogP contribution in [0.25, 0.3) is 0 Å². The number of piperidine rings is 1. The molecule has 1 fully saturated rings. The highest BCUT2D eigenvalue weighted by atomic mass is 19.1. The van der Waals surface area contributed by atoms with Gasteiger partial charge >= 0.3 is 0 Å². The third kappa shape index (κ3) is 3.79. The molecule has 2 heterocycles. The van der Waals surface area contributed by atoms with Crippen LogP contribution in [0.3, 0.4) is 0 Å². The summed E-state index contributed by atoms with van der Waals surface area (Å²) in [7, 11) is 4.14. The number of nitrogens with zero attached hydrogens (tertiary/aromatic N) is 4. The highest BCUT2D eigenvalue weighted by Crippen LogP contribution is 2.33. The lowest BCUT2D eigenvalue weighted by atomic mass is 10.0. The van der Waals surface area contributed by atoms with Crippen molar-refractivity contribution in [3.05, 3.63) is 36.2 Å². The largest absolute Gasteiger partial charge is 0.434 e. The molecule has 0 spiro atoms. The van der Waals surface area contributed by atoms with Crippen molar-refractivity contribution in [2.45, 2.75) is 18.9 Å². The van der Waals surface area contributed by atoms with E-state index in [-0.39, 0.29) is 17.3 Å². The van der Waals surface area contributed by atoms with Gasteiger partial charge in [-0.1, -0.05) is 0 Å². The topological polar surface area (TPSA) is 67.5 Å². The number of anilines is 2. The normalized spacial score (nSPS) is 15.6. The Hall–Kier alpha value is -2.48. The molecule has 1 aromatic heterocycles. The molecule has 0 amide bonds. The van der Waals surface area contributed by atoms with Gasteiger partial charge in [0.15, 0.2) is 17.4 Å². The minimum absolute atomic E-state index is 0.0604. The number of nitrogens with two attached hydrogens (primary N) is 1. The van der Waals surface area contributed by atoms with Crippen molar-refractivity contribution in [1.29, 1.82) is 0 Å². The zero-order valence-corrected chi connectivity index (χ0v) is 14.2. The molecule has 6 nitrogen and oxygen atoms in total. The average Bonchev–Trinajstić information content (AvgIpc) is 2.59.